The largest absolute Gasteiger partial charge is 0.472 e. The van der Waals surface area contributed by atoms with E-state index in [1.54, 1.807) is 0 Å². The molecule has 2 aromatic carbocycles. The lowest BCUT2D eigenvalue weighted by Crippen LogP contribution is -2.29. The second-order valence-corrected chi connectivity index (χ2v) is 6.86. The molecule has 4 heteroatoms. The Balaban J connectivity index is 1.70. The summed E-state index contributed by atoms with van der Waals surface area (Å²) in [5, 5.41) is 0.982. The predicted molar refractivity (Wildman–Crippen MR) is 105 cm³/mol. The number of aromatic nitrogens is 2. The fourth-order valence-corrected chi connectivity index (χ4v) is 3.85. The van der Waals surface area contributed by atoms with Gasteiger partial charge in [-0.15, -0.1) is 0 Å². The summed E-state index contributed by atoms with van der Waals surface area (Å²) in [5.41, 5.74) is 1.94. The minimum Gasteiger partial charge on any atom is -0.472 e. The van der Waals surface area contributed by atoms with Gasteiger partial charge in [0.05, 0.1) is 10.9 Å². The van der Waals surface area contributed by atoms with Crippen molar-refractivity contribution in [2.24, 2.45) is 0 Å². The summed E-state index contributed by atoms with van der Waals surface area (Å²) in [4.78, 5) is 12.0. The van der Waals surface area contributed by atoms with Crippen molar-refractivity contribution in [1.82, 2.24) is 14.9 Å². The first-order valence-corrected chi connectivity index (χ1v) is 9.51. The molecule has 1 aliphatic rings. The number of para-hydroxylation sites is 1. The van der Waals surface area contributed by atoms with Gasteiger partial charge in [0.15, 0.2) is 5.82 Å². The van der Waals surface area contributed by atoms with Gasteiger partial charge in [0, 0.05) is 24.6 Å². The monoisotopic (exact) mass is 347 g/mol. The summed E-state index contributed by atoms with van der Waals surface area (Å²) in [6.45, 7) is 6.51. The first-order valence-electron chi connectivity index (χ1n) is 9.51. The second kappa shape index (κ2) is 7.42. The van der Waals surface area contributed by atoms with Crippen LogP contribution in [0.5, 0.6) is 5.88 Å². The number of rotatable bonds is 5. The minimum atomic E-state index is 0.182. The van der Waals surface area contributed by atoms with E-state index in [2.05, 4.69) is 18.7 Å². The zero-order chi connectivity index (χ0) is 17.9. The van der Waals surface area contributed by atoms with Gasteiger partial charge in [0.25, 0.3) is 0 Å². The van der Waals surface area contributed by atoms with Crippen LogP contribution in [0.4, 0.5) is 0 Å². The molecule has 3 aromatic rings. The molecule has 4 rings (SSSR count). The first kappa shape index (κ1) is 17.0. The Hall–Kier alpha value is -2.46. The molecule has 26 heavy (non-hydrogen) atoms. The maximum Gasteiger partial charge on any atom is 0.225 e. The van der Waals surface area contributed by atoms with Crippen LogP contribution in [0.3, 0.4) is 0 Å². The van der Waals surface area contributed by atoms with Crippen LogP contribution in [-0.2, 0) is 0 Å². The van der Waals surface area contributed by atoms with E-state index in [4.69, 9.17) is 14.7 Å². The highest BCUT2D eigenvalue weighted by atomic mass is 16.5. The molecule has 0 aliphatic carbocycles. The van der Waals surface area contributed by atoms with Crippen LogP contribution in [0, 0.1) is 0 Å². The van der Waals surface area contributed by atoms with Crippen LogP contribution < -0.4 is 4.74 Å². The highest BCUT2D eigenvalue weighted by Crippen LogP contribution is 2.30. The molecule has 1 saturated heterocycles. The van der Waals surface area contributed by atoms with E-state index >= 15 is 0 Å². The standard InChI is InChI=1S/C22H25N3O/c1-3-17-14-18(15-25(17)4-2)26-22-19-12-8-9-13-20(19)23-21(24-22)16-10-6-5-7-11-16/h5-13,17-18H,3-4,14-15H2,1-2H3. The van der Waals surface area contributed by atoms with Crippen LogP contribution in [0.25, 0.3) is 22.3 Å². The third-order valence-corrected chi connectivity index (χ3v) is 5.25. The molecular weight excluding hydrogens is 322 g/mol. The van der Waals surface area contributed by atoms with Gasteiger partial charge in [-0.25, -0.2) is 4.98 Å². The third kappa shape index (κ3) is 3.29. The fourth-order valence-electron chi connectivity index (χ4n) is 3.85. The average Bonchev–Trinajstić information content (AvgIpc) is 3.10. The molecule has 1 fully saturated rings. The van der Waals surface area contributed by atoms with Gasteiger partial charge in [0.1, 0.15) is 6.10 Å². The summed E-state index contributed by atoms with van der Waals surface area (Å²) in [5.74, 6) is 1.42. The van der Waals surface area contributed by atoms with E-state index < -0.39 is 0 Å². The highest BCUT2D eigenvalue weighted by Gasteiger charge is 2.31. The summed E-state index contributed by atoms with van der Waals surface area (Å²) in [6.07, 6.45) is 2.40. The van der Waals surface area contributed by atoms with Gasteiger partial charge in [0.2, 0.25) is 5.88 Å². The molecule has 1 aliphatic heterocycles. The minimum absolute atomic E-state index is 0.182. The lowest BCUT2D eigenvalue weighted by molar-refractivity contribution is 0.195. The molecule has 0 amide bonds. The molecule has 0 bridgehead atoms. The van der Waals surface area contributed by atoms with Crippen LogP contribution in [0.15, 0.2) is 54.6 Å². The number of ether oxygens (including phenoxy) is 1. The van der Waals surface area contributed by atoms with Crippen molar-refractivity contribution in [2.45, 2.75) is 38.8 Å². The normalized spacial score (nSPS) is 20.5. The average molecular weight is 347 g/mol. The number of benzene rings is 2. The lowest BCUT2D eigenvalue weighted by Gasteiger charge is -2.20. The Morgan fingerprint density at radius 1 is 1.00 bits per heavy atom. The maximum absolute atomic E-state index is 6.42. The van der Waals surface area contributed by atoms with E-state index in [1.807, 2.05) is 54.6 Å². The molecule has 1 aromatic heterocycles. The van der Waals surface area contributed by atoms with E-state index in [1.165, 1.54) is 0 Å². The molecule has 0 spiro atoms. The summed E-state index contributed by atoms with van der Waals surface area (Å²) >= 11 is 0. The summed E-state index contributed by atoms with van der Waals surface area (Å²) in [6, 6.07) is 18.8. The van der Waals surface area contributed by atoms with Crippen molar-refractivity contribution in [3.05, 3.63) is 54.6 Å². The number of likely N-dealkylation sites (tertiary alicyclic amines) is 1. The van der Waals surface area contributed by atoms with E-state index in [0.29, 0.717) is 11.9 Å². The number of hydrogen-bond donors (Lipinski definition) is 0. The lowest BCUT2D eigenvalue weighted by atomic mass is 10.1. The molecule has 0 saturated carbocycles. The Morgan fingerprint density at radius 3 is 2.50 bits per heavy atom. The third-order valence-electron chi connectivity index (χ3n) is 5.25. The number of fused-ring (bicyclic) bond motifs is 1. The summed E-state index contributed by atoms with van der Waals surface area (Å²) < 4.78 is 6.42. The quantitative estimate of drug-likeness (QED) is 0.679. The second-order valence-electron chi connectivity index (χ2n) is 6.86. The molecule has 4 nitrogen and oxygen atoms in total. The van der Waals surface area contributed by atoms with Gasteiger partial charge in [-0.3, -0.25) is 4.90 Å². The molecule has 0 N–H and O–H groups in total. The van der Waals surface area contributed by atoms with Crippen LogP contribution in [-0.4, -0.2) is 40.1 Å². The van der Waals surface area contributed by atoms with Crippen molar-refractivity contribution in [3.63, 3.8) is 0 Å². The van der Waals surface area contributed by atoms with Crippen molar-refractivity contribution >= 4 is 10.9 Å². The highest BCUT2D eigenvalue weighted by molar-refractivity contribution is 5.85. The Kier molecular flexibility index (Phi) is 4.85. The van der Waals surface area contributed by atoms with Gasteiger partial charge in [-0.2, -0.15) is 4.98 Å². The van der Waals surface area contributed by atoms with E-state index in [-0.39, 0.29) is 6.10 Å². The van der Waals surface area contributed by atoms with Crippen molar-refractivity contribution in [2.75, 3.05) is 13.1 Å². The van der Waals surface area contributed by atoms with Gasteiger partial charge >= 0.3 is 0 Å². The summed E-state index contributed by atoms with van der Waals surface area (Å²) in [7, 11) is 0. The van der Waals surface area contributed by atoms with Crippen LogP contribution >= 0.6 is 0 Å². The van der Waals surface area contributed by atoms with Gasteiger partial charge in [-0.05, 0) is 25.1 Å². The van der Waals surface area contributed by atoms with Gasteiger partial charge < -0.3 is 4.74 Å². The smallest absolute Gasteiger partial charge is 0.225 e. The number of likely N-dealkylation sites (N-methyl/N-ethyl adjacent to an activating group) is 1. The number of hydrogen-bond acceptors (Lipinski definition) is 4. The van der Waals surface area contributed by atoms with Crippen LogP contribution in [0.2, 0.25) is 0 Å². The first-order chi connectivity index (χ1) is 12.8. The van der Waals surface area contributed by atoms with Crippen molar-refractivity contribution in [1.29, 1.82) is 0 Å². The van der Waals surface area contributed by atoms with Crippen molar-refractivity contribution in [3.8, 4) is 17.3 Å². The fraction of sp³-hybridized carbons (Fsp3) is 0.364. The van der Waals surface area contributed by atoms with Crippen molar-refractivity contribution < 1.29 is 4.74 Å². The number of nitrogens with zero attached hydrogens (tertiary/aromatic N) is 3. The van der Waals surface area contributed by atoms with Gasteiger partial charge in [-0.1, -0.05) is 56.3 Å². The SMILES string of the molecule is CCC1CC(Oc2nc(-c3ccccc3)nc3ccccc23)CN1CC. The Morgan fingerprint density at radius 2 is 1.77 bits per heavy atom. The molecule has 134 valence electrons. The predicted octanol–water partition coefficient (Wildman–Crippen LogP) is 4.55. The van der Waals surface area contributed by atoms with Crippen LogP contribution in [0.1, 0.15) is 26.7 Å². The van der Waals surface area contributed by atoms with E-state index in [0.717, 1.165) is 48.2 Å². The Bertz CT molecular complexity index is 869. The Labute approximate surface area is 154 Å². The molecule has 2 atom stereocenters. The zero-order valence-corrected chi connectivity index (χ0v) is 15.4. The van der Waals surface area contributed by atoms with E-state index in [9.17, 15) is 0 Å². The maximum atomic E-state index is 6.42. The molecule has 2 unspecified atom stereocenters. The molecular formula is C22H25N3O. The zero-order valence-electron chi connectivity index (χ0n) is 15.4. The molecule has 0 radical (unpaired) electrons. The topological polar surface area (TPSA) is 38.3 Å². The molecule has 2 heterocycles.